The lowest BCUT2D eigenvalue weighted by atomic mass is 9.97. The van der Waals surface area contributed by atoms with Gasteiger partial charge in [0.2, 0.25) is 0 Å². The van der Waals surface area contributed by atoms with Crippen LogP contribution in [0.15, 0.2) is 40.9 Å². The number of carbonyl (C=O) groups is 1. The molecule has 0 radical (unpaired) electrons. The molecule has 164 valence electrons. The third kappa shape index (κ3) is 4.51. The summed E-state index contributed by atoms with van der Waals surface area (Å²) in [7, 11) is 1.65. The van der Waals surface area contributed by atoms with Gasteiger partial charge in [-0.1, -0.05) is 23.4 Å². The second-order valence-corrected chi connectivity index (χ2v) is 7.88. The zero-order valence-corrected chi connectivity index (χ0v) is 18.0. The van der Waals surface area contributed by atoms with Crippen LogP contribution in [0.5, 0.6) is 11.5 Å². The van der Waals surface area contributed by atoms with E-state index in [0.29, 0.717) is 37.3 Å². The molecule has 0 amide bonds. The number of benzene rings is 2. The molecule has 1 aromatic heterocycles. The smallest absolute Gasteiger partial charge is 0.310 e. The van der Waals surface area contributed by atoms with Crippen LogP contribution < -0.4 is 4.74 Å². The first-order valence-electron chi connectivity index (χ1n) is 10.7. The summed E-state index contributed by atoms with van der Waals surface area (Å²) in [5.41, 5.74) is 3.09. The number of phenols is 1. The molecule has 1 aliphatic rings. The SMILES string of the molecule is CCOC(=O)C1CCCN(Cc2c(O)ccc3c(Cc4ccccc4OC)noc23)C1. The average molecular weight is 424 g/mol. The van der Waals surface area contributed by atoms with Crippen molar-refractivity contribution < 1.29 is 23.9 Å². The molecule has 1 aliphatic heterocycles. The lowest BCUT2D eigenvalue weighted by molar-refractivity contribution is -0.150. The molecule has 0 bridgehead atoms. The normalized spacial score (nSPS) is 17.0. The van der Waals surface area contributed by atoms with E-state index in [1.54, 1.807) is 13.2 Å². The Morgan fingerprint density at radius 1 is 1.29 bits per heavy atom. The molecule has 7 heteroatoms. The summed E-state index contributed by atoms with van der Waals surface area (Å²) in [5, 5.41) is 15.7. The zero-order valence-electron chi connectivity index (χ0n) is 18.0. The first-order chi connectivity index (χ1) is 15.1. The number of rotatable bonds is 7. The highest BCUT2D eigenvalue weighted by molar-refractivity contribution is 5.85. The fraction of sp³-hybridized carbons (Fsp3) is 0.417. The van der Waals surface area contributed by atoms with Crippen LogP contribution in [0.1, 0.15) is 36.6 Å². The number of piperidine rings is 1. The topological polar surface area (TPSA) is 85.0 Å². The van der Waals surface area contributed by atoms with Gasteiger partial charge in [-0.3, -0.25) is 9.69 Å². The van der Waals surface area contributed by atoms with Crippen molar-refractivity contribution in [2.24, 2.45) is 5.92 Å². The van der Waals surface area contributed by atoms with Gasteiger partial charge in [0.1, 0.15) is 11.5 Å². The van der Waals surface area contributed by atoms with Crippen LogP contribution in [0, 0.1) is 5.92 Å². The number of hydrogen-bond acceptors (Lipinski definition) is 7. The molecule has 0 saturated carbocycles. The van der Waals surface area contributed by atoms with Gasteiger partial charge in [-0.25, -0.2) is 0 Å². The largest absolute Gasteiger partial charge is 0.507 e. The van der Waals surface area contributed by atoms with Gasteiger partial charge in [-0.05, 0) is 44.5 Å². The molecule has 3 aromatic rings. The molecular formula is C24H28N2O5. The second-order valence-electron chi connectivity index (χ2n) is 7.88. The number of esters is 1. The lowest BCUT2D eigenvalue weighted by Gasteiger charge is -2.31. The minimum Gasteiger partial charge on any atom is -0.507 e. The number of nitrogens with zero attached hydrogens (tertiary/aromatic N) is 2. The molecule has 1 saturated heterocycles. The number of hydrogen-bond donors (Lipinski definition) is 1. The summed E-state index contributed by atoms with van der Waals surface area (Å²) in [4.78, 5) is 14.3. The Balaban J connectivity index is 1.57. The Kier molecular flexibility index (Phi) is 6.42. The van der Waals surface area contributed by atoms with Crippen molar-refractivity contribution in [1.82, 2.24) is 10.1 Å². The average Bonchev–Trinajstić information content (AvgIpc) is 3.19. The maximum atomic E-state index is 12.2. The number of carbonyl (C=O) groups excluding carboxylic acids is 1. The number of methoxy groups -OCH3 is 1. The van der Waals surface area contributed by atoms with Crippen LogP contribution in [0.2, 0.25) is 0 Å². The van der Waals surface area contributed by atoms with E-state index < -0.39 is 0 Å². The molecule has 1 fully saturated rings. The fourth-order valence-electron chi connectivity index (χ4n) is 4.28. The van der Waals surface area contributed by atoms with E-state index in [1.165, 1.54) is 0 Å². The number of fused-ring (bicyclic) bond motifs is 1. The highest BCUT2D eigenvalue weighted by atomic mass is 16.5. The number of aromatic nitrogens is 1. The van der Waals surface area contributed by atoms with Crippen molar-refractivity contribution in [3.8, 4) is 11.5 Å². The van der Waals surface area contributed by atoms with Gasteiger partial charge in [0.25, 0.3) is 0 Å². The third-order valence-electron chi connectivity index (χ3n) is 5.85. The van der Waals surface area contributed by atoms with Crippen molar-refractivity contribution >= 4 is 16.9 Å². The summed E-state index contributed by atoms with van der Waals surface area (Å²) < 4.78 is 16.3. The van der Waals surface area contributed by atoms with Crippen LogP contribution in [0.3, 0.4) is 0 Å². The van der Waals surface area contributed by atoms with E-state index in [1.807, 2.05) is 37.3 Å². The monoisotopic (exact) mass is 424 g/mol. The van der Waals surface area contributed by atoms with E-state index in [4.69, 9.17) is 14.0 Å². The Morgan fingerprint density at radius 3 is 2.94 bits per heavy atom. The van der Waals surface area contributed by atoms with Crippen molar-refractivity contribution in [3.05, 3.63) is 53.2 Å². The van der Waals surface area contributed by atoms with E-state index in [9.17, 15) is 9.90 Å². The second kappa shape index (κ2) is 9.39. The maximum absolute atomic E-state index is 12.2. The van der Waals surface area contributed by atoms with Crippen LogP contribution in [-0.4, -0.2) is 47.9 Å². The molecule has 2 aromatic carbocycles. The first-order valence-corrected chi connectivity index (χ1v) is 10.7. The standard InChI is InChI=1S/C24H28N2O5/c1-3-30-24(28)17-8-6-12-26(14-17)15-19-21(27)11-10-18-20(25-31-23(18)19)13-16-7-4-5-9-22(16)29-2/h4-5,7,9-11,17,27H,3,6,8,12-15H2,1-2H3. The van der Waals surface area contributed by atoms with Crippen LogP contribution in [-0.2, 0) is 22.5 Å². The van der Waals surface area contributed by atoms with E-state index in [0.717, 1.165) is 41.8 Å². The minimum absolute atomic E-state index is 0.133. The highest BCUT2D eigenvalue weighted by Crippen LogP contribution is 2.33. The van der Waals surface area contributed by atoms with Crippen LogP contribution in [0.4, 0.5) is 0 Å². The number of para-hydroxylation sites is 1. The molecule has 1 unspecified atom stereocenters. The Labute approximate surface area is 181 Å². The molecule has 2 heterocycles. The van der Waals surface area contributed by atoms with Crippen LogP contribution in [0.25, 0.3) is 11.0 Å². The summed E-state index contributed by atoms with van der Waals surface area (Å²) in [5.74, 6) is 0.695. The number of likely N-dealkylation sites (tertiary alicyclic amines) is 1. The quantitative estimate of drug-likeness (QED) is 0.576. The van der Waals surface area contributed by atoms with Gasteiger partial charge in [-0.15, -0.1) is 0 Å². The van der Waals surface area contributed by atoms with Gasteiger partial charge in [0.05, 0.1) is 30.9 Å². The molecule has 4 rings (SSSR count). The fourth-order valence-corrected chi connectivity index (χ4v) is 4.28. The summed E-state index contributed by atoms with van der Waals surface area (Å²) in [6.07, 6.45) is 2.31. The van der Waals surface area contributed by atoms with E-state index in [2.05, 4.69) is 10.1 Å². The van der Waals surface area contributed by atoms with Crippen molar-refractivity contribution in [2.75, 3.05) is 26.8 Å². The Morgan fingerprint density at radius 2 is 2.13 bits per heavy atom. The van der Waals surface area contributed by atoms with Crippen LogP contribution >= 0.6 is 0 Å². The van der Waals surface area contributed by atoms with Gasteiger partial charge < -0.3 is 19.1 Å². The summed E-state index contributed by atoms with van der Waals surface area (Å²) >= 11 is 0. The molecule has 31 heavy (non-hydrogen) atoms. The minimum atomic E-state index is -0.145. The summed E-state index contributed by atoms with van der Waals surface area (Å²) in [6, 6.07) is 11.4. The molecule has 7 nitrogen and oxygen atoms in total. The number of phenolic OH excluding ortho intramolecular Hbond substituents is 1. The Hall–Kier alpha value is -3.06. The van der Waals surface area contributed by atoms with Gasteiger partial charge in [0, 0.05) is 30.5 Å². The molecule has 1 N–H and O–H groups in total. The molecule has 0 spiro atoms. The maximum Gasteiger partial charge on any atom is 0.310 e. The van der Waals surface area contributed by atoms with Gasteiger partial charge in [0.15, 0.2) is 5.58 Å². The molecule has 1 atom stereocenters. The number of ether oxygens (including phenoxy) is 2. The zero-order chi connectivity index (χ0) is 21.8. The molecule has 0 aliphatic carbocycles. The summed E-state index contributed by atoms with van der Waals surface area (Å²) in [6.45, 7) is 4.17. The van der Waals surface area contributed by atoms with E-state index >= 15 is 0 Å². The lowest BCUT2D eigenvalue weighted by Crippen LogP contribution is -2.38. The highest BCUT2D eigenvalue weighted by Gasteiger charge is 2.28. The third-order valence-corrected chi connectivity index (χ3v) is 5.85. The first kappa shape index (κ1) is 21.2. The Bertz CT molecular complexity index is 1060. The van der Waals surface area contributed by atoms with E-state index in [-0.39, 0.29) is 17.6 Å². The predicted molar refractivity (Wildman–Crippen MR) is 116 cm³/mol. The molecular weight excluding hydrogens is 396 g/mol. The van der Waals surface area contributed by atoms with Gasteiger partial charge >= 0.3 is 5.97 Å². The predicted octanol–water partition coefficient (Wildman–Crippen LogP) is 3.91. The van der Waals surface area contributed by atoms with Crippen molar-refractivity contribution in [3.63, 3.8) is 0 Å². The number of aromatic hydroxyl groups is 1. The van der Waals surface area contributed by atoms with Gasteiger partial charge in [-0.2, -0.15) is 0 Å². The van der Waals surface area contributed by atoms with Crippen molar-refractivity contribution in [1.29, 1.82) is 0 Å². The van der Waals surface area contributed by atoms with Crippen molar-refractivity contribution in [2.45, 2.75) is 32.7 Å².